The van der Waals surface area contributed by atoms with Gasteiger partial charge < -0.3 is 5.11 Å². The van der Waals surface area contributed by atoms with Crippen molar-refractivity contribution < 1.29 is 5.11 Å². The molecule has 2 aromatic carbocycles. The van der Waals surface area contributed by atoms with Crippen molar-refractivity contribution in [3.8, 4) is 0 Å². The molecule has 0 radical (unpaired) electrons. The average Bonchev–Trinajstić information content (AvgIpc) is 3.00. The SMILES string of the molecule is CC(O)(c1ccccc1)c1cn(Cc2ccc(Br)cc2)nn1. The molecule has 1 N–H and O–H groups in total. The van der Waals surface area contributed by atoms with Gasteiger partial charge in [-0.15, -0.1) is 5.10 Å². The van der Waals surface area contributed by atoms with Gasteiger partial charge in [-0.1, -0.05) is 63.6 Å². The molecule has 4 nitrogen and oxygen atoms in total. The van der Waals surface area contributed by atoms with Gasteiger partial charge in [0.05, 0.1) is 12.7 Å². The minimum atomic E-state index is -1.15. The Bertz CT molecular complexity index is 751. The van der Waals surface area contributed by atoms with Crippen LogP contribution in [0.4, 0.5) is 0 Å². The molecule has 5 heteroatoms. The highest BCUT2D eigenvalue weighted by Gasteiger charge is 2.28. The van der Waals surface area contributed by atoms with E-state index in [2.05, 4.69) is 26.2 Å². The van der Waals surface area contributed by atoms with Crippen LogP contribution in [0.15, 0.2) is 65.3 Å². The van der Waals surface area contributed by atoms with Crippen LogP contribution in [0.1, 0.15) is 23.7 Å². The van der Waals surface area contributed by atoms with Crippen LogP contribution < -0.4 is 0 Å². The van der Waals surface area contributed by atoms with Gasteiger partial charge in [0.2, 0.25) is 0 Å². The Morgan fingerprint density at radius 3 is 2.45 bits per heavy atom. The van der Waals surface area contributed by atoms with Crippen LogP contribution in [0.2, 0.25) is 0 Å². The van der Waals surface area contributed by atoms with E-state index in [-0.39, 0.29) is 0 Å². The van der Waals surface area contributed by atoms with Gasteiger partial charge in [0.15, 0.2) is 0 Å². The molecule has 3 aromatic rings. The second-order valence-corrected chi connectivity index (χ2v) is 6.28. The first kappa shape index (κ1) is 14.9. The summed E-state index contributed by atoms with van der Waals surface area (Å²) in [5.74, 6) is 0. The molecule has 0 aliphatic rings. The Kier molecular flexibility index (Phi) is 4.09. The van der Waals surface area contributed by atoms with Gasteiger partial charge in [-0.05, 0) is 30.2 Å². The van der Waals surface area contributed by atoms with E-state index >= 15 is 0 Å². The molecule has 0 saturated heterocycles. The summed E-state index contributed by atoms with van der Waals surface area (Å²) in [7, 11) is 0. The lowest BCUT2D eigenvalue weighted by Gasteiger charge is -2.20. The molecule has 22 heavy (non-hydrogen) atoms. The first-order valence-electron chi connectivity index (χ1n) is 6.98. The average molecular weight is 358 g/mol. The van der Waals surface area contributed by atoms with Crippen LogP contribution in [0, 0.1) is 0 Å². The molecule has 0 aliphatic heterocycles. The number of hydrogen-bond acceptors (Lipinski definition) is 3. The van der Waals surface area contributed by atoms with Gasteiger partial charge in [0.1, 0.15) is 11.3 Å². The summed E-state index contributed by atoms with van der Waals surface area (Å²) >= 11 is 3.42. The summed E-state index contributed by atoms with van der Waals surface area (Å²) < 4.78 is 2.78. The number of hydrogen-bond donors (Lipinski definition) is 1. The summed E-state index contributed by atoms with van der Waals surface area (Å²) in [5, 5.41) is 19.0. The monoisotopic (exact) mass is 357 g/mol. The van der Waals surface area contributed by atoms with Crippen molar-refractivity contribution in [1.29, 1.82) is 0 Å². The van der Waals surface area contributed by atoms with Crippen LogP contribution in [0.5, 0.6) is 0 Å². The minimum Gasteiger partial charge on any atom is -0.379 e. The number of rotatable bonds is 4. The molecule has 0 aliphatic carbocycles. The predicted molar refractivity (Wildman–Crippen MR) is 88.4 cm³/mol. The van der Waals surface area contributed by atoms with Crippen LogP contribution in [0.3, 0.4) is 0 Å². The van der Waals surface area contributed by atoms with Crippen molar-refractivity contribution in [2.24, 2.45) is 0 Å². The van der Waals surface area contributed by atoms with Crippen LogP contribution in [0.25, 0.3) is 0 Å². The molecule has 0 bridgehead atoms. The van der Waals surface area contributed by atoms with E-state index in [0.717, 1.165) is 15.6 Å². The van der Waals surface area contributed by atoms with Crippen molar-refractivity contribution in [1.82, 2.24) is 15.0 Å². The summed E-state index contributed by atoms with van der Waals surface area (Å²) in [4.78, 5) is 0. The smallest absolute Gasteiger partial charge is 0.132 e. The van der Waals surface area contributed by atoms with Gasteiger partial charge >= 0.3 is 0 Å². The quantitative estimate of drug-likeness (QED) is 0.778. The Balaban J connectivity index is 1.83. The summed E-state index contributed by atoms with van der Waals surface area (Å²) in [5.41, 5.74) is 1.31. The van der Waals surface area contributed by atoms with Crippen molar-refractivity contribution in [2.45, 2.75) is 19.1 Å². The fourth-order valence-electron chi connectivity index (χ4n) is 2.29. The lowest BCUT2D eigenvalue weighted by molar-refractivity contribution is 0.0972. The number of benzene rings is 2. The lowest BCUT2D eigenvalue weighted by Crippen LogP contribution is -2.23. The normalized spacial score (nSPS) is 13.8. The first-order chi connectivity index (χ1) is 10.6. The number of nitrogens with zero attached hydrogens (tertiary/aromatic N) is 3. The maximum absolute atomic E-state index is 10.8. The summed E-state index contributed by atoms with van der Waals surface area (Å²) in [6.07, 6.45) is 1.79. The highest BCUT2D eigenvalue weighted by atomic mass is 79.9. The molecule has 112 valence electrons. The highest BCUT2D eigenvalue weighted by Crippen LogP contribution is 2.27. The van der Waals surface area contributed by atoms with E-state index in [9.17, 15) is 5.11 Å². The van der Waals surface area contributed by atoms with E-state index < -0.39 is 5.60 Å². The topological polar surface area (TPSA) is 50.9 Å². The molecule has 3 rings (SSSR count). The largest absolute Gasteiger partial charge is 0.379 e. The first-order valence-corrected chi connectivity index (χ1v) is 7.78. The van der Waals surface area contributed by atoms with E-state index in [4.69, 9.17) is 0 Å². The number of aromatic nitrogens is 3. The van der Waals surface area contributed by atoms with Crippen molar-refractivity contribution in [3.05, 3.63) is 82.1 Å². The second-order valence-electron chi connectivity index (χ2n) is 5.37. The van der Waals surface area contributed by atoms with Crippen LogP contribution >= 0.6 is 15.9 Å². The van der Waals surface area contributed by atoms with Gasteiger partial charge in [0.25, 0.3) is 0 Å². The Morgan fingerprint density at radius 2 is 1.77 bits per heavy atom. The molecule has 1 heterocycles. The van der Waals surface area contributed by atoms with E-state index in [1.54, 1.807) is 17.8 Å². The molecule has 0 saturated carbocycles. The third-order valence-electron chi connectivity index (χ3n) is 3.63. The number of halogens is 1. The van der Waals surface area contributed by atoms with Gasteiger partial charge in [-0.2, -0.15) is 0 Å². The molecule has 0 fully saturated rings. The minimum absolute atomic E-state index is 0.538. The second kappa shape index (κ2) is 6.02. The molecular weight excluding hydrogens is 342 g/mol. The Morgan fingerprint density at radius 1 is 1.09 bits per heavy atom. The maximum Gasteiger partial charge on any atom is 0.132 e. The summed E-state index contributed by atoms with van der Waals surface area (Å²) in [6, 6.07) is 17.5. The lowest BCUT2D eigenvalue weighted by atomic mass is 9.93. The van der Waals surface area contributed by atoms with Crippen molar-refractivity contribution in [3.63, 3.8) is 0 Å². The predicted octanol–water partition coefficient (Wildman–Crippen LogP) is 3.34. The Hall–Kier alpha value is -1.98. The third-order valence-corrected chi connectivity index (χ3v) is 4.16. The Labute approximate surface area is 137 Å². The van der Waals surface area contributed by atoms with Gasteiger partial charge in [-0.25, -0.2) is 4.68 Å². The summed E-state index contributed by atoms with van der Waals surface area (Å²) in [6.45, 7) is 2.35. The molecule has 1 aromatic heterocycles. The molecule has 0 amide bonds. The molecular formula is C17H16BrN3O. The van der Waals surface area contributed by atoms with E-state index in [0.29, 0.717) is 12.2 Å². The fourth-order valence-corrected chi connectivity index (χ4v) is 2.55. The van der Waals surface area contributed by atoms with Gasteiger partial charge in [-0.3, -0.25) is 0 Å². The van der Waals surface area contributed by atoms with Crippen LogP contribution in [-0.4, -0.2) is 20.1 Å². The van der Waals surface area contributed by atoms with Gasteiger partial charge in [0, 0.05) is 4.47 Å². The zero-order valence-corrected chi connectivity index (χ0v) is 13.7. The fraction of sp³-hybridized carbons (Fsp3) is 0.176. The molecule has 1 atom stereocenters. The van der Waals surface area contributed by atoms with E-state index in [1.165, 1.54) is 0 Å². The zero-order chi connectivity index (χ0) is 15.6. The zero-order valence-electron chi connectivity index (χ0n) is 12.1. The van der Waals surface area contributed by atoms with E-state index in [1.807, 2.05) is 54.6 Å². The molecule has 1 unspecified atom stereocenters. The third kappa shape index (κ3) is 3.10. The maximum atomic E-state index is 10.8. The van der Waals surface area contributed by atoms with Crippen molar-refractivity contribution in [2.75, 3.05) is 0 Å². The number of aliphatic hydroxyl groups is 1. The standard InChI is InChI=1S/C17H16BrN3O/c1-17(22,14-5-3-2-4-6-14)16-12-21(20-19-16)11-13-7-9-15(18)10-8-13/h2-10,12,22H,11H2,1H3. The highest BCUT2D eigenvalue weighted by molar-refractivity contribution is 9.10. The van der Waals surface area contributed by atoms with Crippen LogP contribution in [-0.2, 0) is 12.1 Å². The molecule has 0 spiro atoms. The van der Waals surface area contributed by atoms with Crippen molar-refractivity contribution >= 4 is 15.9 Å².